The lowest BCUT2D eigenvalue weighted by atomic mass is 9.86. The van der Waals surface area contributed by atoms with Gasteiger partial charge in [-0.2, -0.15) is 0 Å². The van der Waals surface area contributed by atoms with Crippen LogP contribution in [0.4, 0.5) is 0 Å². The van der Waals surface area contributed by atoms with Gasteiger partial charge in [0, 0.05) is 6.61 Å². The fourth-order valence-corrected chi connectivity index (χ4v) is 1.47. The molecule has 4 heteroatoms. The molecule has 0 spiro atoms. The van der Waals surface area contributed by atoms with E-state index in [-0.39, 0.29) is 0 Å². The molecule has 0 amide bonds. The first-order valence-electron chi connectivity index (χ1n) is 3.91. The van der Waals surface area contributed by atoms with Crippen molar-refractivity contribution in [2.75, 3.05) is 19.0 Å². The fraction of sp³-hybridized carbons (Fsp3) is 1.00. The molecule has 1 unspecified atom stereocenters. The van der Waals surface area contributed by atoms with Crippen LogP contribution in [0.15, 0.2) is 0 Å². The monoisotopic (exact) mass is 196 g/mol. The van der Waals surface area contributed by atoms with Crippen molar-refractivity contribution < 1.29 is 8.95 Å². The number of halogens is 1. The molecule has 0 bridgehead atoms. The summed E-state index contributed by atoms with van der Waals surface area (Å²) < 4.78 is 15.6. The highest BCUT2D eigenvalue weighted by atomic mass is 35.7. The van der Waals surface area contributed by atoms with E-state index in [9.17, 15) is 4.21 Å². The second kappa shape index (κ2) is 5.12. The van der Waals surface area contributed by atoms with Crippen LogP contribution in [0.3, 0.4) is 0 Å². The third kappa shape index (κ3) is 4.09. The smallest absolute Gasteiger partial charge is 0.117 e. The summed E-state index contributed by atoms with van der Waals surface area (Å²) in [5.74, 6) is 1.22. The topological polar surface area (TPSA) is 26.3 Å². The zero-order valence-electron chi connectivity index (χ0n) is 6.42. The molecule has 1 aliphatic rings. The predicted molar refractivity (Wildman–Crippen MR) is 47.0 cm³/mol. The Kier molecular flexibility index (Phi) is 4.41. The summed E-state index contributed by atoms with van der Waals surface area (Å²) >= 11 is 0. The third-order valence-electron chi connectivity index (χ3n) is 1.97. The van der Waals surface area contributed by atoms with Crippen molar-refractivity contribution in [3.8, 4) is 0 Å². The van der Waals surface area contributed by atoms with Gasteiger partial charge in [0.25, 0.3) is 0 Å². The van der Waals surface area contributed by atoms with Crippen molar-refractivity contribution in [1.29, 1.82) is 0 Å². The predicted octanol–water partition coefficient (Wildman–Crippen LogP) is 1.71. The molecule has 0 heterocycles. The number of ether oxygens (including phenoxy) is 1. The summed E-state index contributed by atoms with van der Waals surface area (Å²) in [6.45, 7) is 1.36. The maximum Gasteiger partial charge on any atom is 0.117 e. The molecule has 1 atom stereocenters. The Bertz CT molecular complexity index is 136. The molecule has 0 aromatic heterocycles. The van der Waals surface area contributed by atoms with Crippen molar-refractivity contribution >= 4 is 20.7 Å². The molecule has 0 radical (unpaired) electrons. The van der Waals surface area contributed by atoms with E-state index in [1.165, 1.54) is 19.3 Å². The van der Waals surface area contributed by atoms with Crippen LogP contribution in [0.25, 0.3) is 0 Å². The van der Waals surface area contributed by atoms with Crippen molar-refractivity contribution in [3.05, 3.63) is 0 Å². The molecule has 0 N–H and O–H groups in total. The van der Waals surface area contributed by atoms with Gasteiger partial charge in [0.2, 0.25) is 0 Å². The largest absolute Gasteiger partial charge is 0.380 e. The molecule has 0 aromatic carbocycles. The van der Waals surface area contributed by atoms with Crippen LogP contribution in [0.1, 0.15) is 19.3 Å². The van der Waals surface area contributed by atoms with E-state index in [1.807, 2.05) is 0 Å². The Morgan fingerprint density at radius 2 is 2.27 bits per heavy atom. The summed E-state index contributed by atoms with van der Waals surface area (Å²) in [5.41, 5.74) is 0. The number of hydrogen-bond acceptors (Lipinski definition) is 2. The van der Waals surface area contributed by atoms with E-state index in [0.717, 1.165) is 12.5 Å². The number of rotatable bonds is 5. The average Bonchev–Trinajstić information content (AvgIpc) is 1.82. The molecule has 0 aliphatic heterocycles. The Morgan fingerprint density at radius 1 is 1.55 bits per heavy atom. The van der Waals surface area contributed by atoms with Gasteiger partial charge in [-0.15, -0.1) is 0 Å². The van der Waals surface area contributed by atoms with Gasteiger partial charge in [0.05, 0.1) is 12.4 Å². The maximum absolute atomic E-state index is 10.4. The van der Waals surface area contributed by atoms with Gasteiger partial charge in [-0.05, 0) is 29.4 Å². The van der Waals surface area contributed by atoms with Crippen LogP contribution >= 0.6 is 10.7 Å². The molecule has 66 valence electrons. The number of hydrogen-bond donors (Lipinski definition) is 0. The van der Waals surface area contributed by atoms with E-state index in [4.69, 9.17) is 15.4 Å². The molecule has 0 saturated heterocycles. The molecular formula is C7H13ClO2S. The zero-order valence-corrected chi connectivity index (χ0v) is 8.00. The highest BCUT2D eigenvalue weighted by Crippen LogP contribution is 2.26. The molecular weight excluding hydrogens is 184 g/mol. The van der Waals surface area contributed by atoms with Crippen molar-refractivity contribution in [3.63, 3.8) is 0 Å². The van der Waals surface area contributed by atoms with Crippen LogP contribution in [-0.4, -0.2) is 23.2 Å². The van der Waals surface area contributed by atoms with Crippen LogP contribution in [-0.2, 0) is 14.7 Å². The van der Waals surface area contributed by atoms with Gasteiger partial charge in [0.1, 0.15) is 10.0 Å². The standard InChI is InChI=1S/C7H13ClO2S/c8-11(9)5-4-10-6-7-2-1-3-7/h7H,1-6H2. The van der Waals surface area contributed by atoms with Crippen LogP contribution < -0.4 is 0 Å². The lowest BCUT2D eigenvalue weighted by molar-refractivity contribution is 0.0803. The molecule has 1 aliphatic carbocycles. The minimum Gasteiger partial charge on any atom is -0.380 e. The van der Waals surface area contributed by atoms with Crippen molar-refractivity contribution in [2.45, 2.75) is 19.3 Å². The molecule has 1 saturated carbocycles. The second-order valence-electron chi connectivity index (χ2n) is 2.87. The fourth-order valence-electron chi connectivity index (χ4n) is 1.03. The van der Waals surface area contributed by atoms with Gasteiger partial charge in [0.15, 0.2) is 0 Å². The van der Waals surface area contributed by atoms with Gasteiger partial charge in [-0.25, -0.2) is 4.21 Å². The first-order valence-corrected chi connectivity index (χ1v) is 6.06. The van der Waals surface area contributed by atoms with E-state index in [2.05, 4.69) is 0 Å². The van der Waals surface area contributed by atoms with E-state index >= 15 is 0 Å². The SMILES string of the molecule is O=S(Cl)CCOCC1CCC1. The highest BCUT2D eigenvalue weighted by Gasteiger charge is 2.16. The minimum absolute atomic E-state index is 0.453. The van der Waals surface area contributed by atoms with Gasteiger partial charge in [-0.3, -0.25) is 0 Å². The summed E-state index contributed by atoms with van der Waals surface area (Å²) in [4.78, 5) is 0. The molecule has 1 fully saturated rings. The summed E-state index contributed by atoms with van der Waals surface area (Å²) in [7, 11) is 4.02. The molecule has 2 nitrogen and oxygen atoms in total. The van der Waals surface area contributed by atoms with Crippen LogP contribution in [0.5, 0.6) is 0 Å². The molecule has 0 aromatic rings. The van der Waals surface area contributed by atoms with Gasteiger partial charge >= 0.3 is 0 Å². The molecule has 1 rings (SSSR count). The van der Waals surface area contributed by atoms with Gasteiger partial charge < -0.3 is 4.74 Å². The minimum atomic E-state index is -1.22. The van der Waals surface area contributed by atoms with E-state index in [1.54, 1.807) is 0 Å². The lowest BCUT2D eigenvalue weighted by Gasteiger charge is -2.24. The van der Waals surface area contributed by atoms with Gasteiger partial charge in [-0.1, -0.05) is 6.42 Å². The Morgan fingerprint density at radius 3 is 2.73 bits per heavy atom. The van der Waals surface area contributed by atoms with Crippen LogP contribution in [0.2, 0.25) is 0 Å². The summed E-state index contributed by atoms with van der Waals surface area (Å²) in [6.07, 6.45) is 3.93. The van der Waals surface area contributed by atoms with E-state index in [0.29, 0.717) is 12.4 Å². The average molecular weight is 197 g/mol. The summed E-state index contributed by atoms with van der Waals surface area (Å²) in [5, 5.41) is 0. The zero-order chi connectivity index (χ0) is 8.10. The Hall–Kier alpha value is 0.400. The summed E-state index contributed by atoms with van der Waals surface area (Å²) in [6, 6.07) is 0. The maximum atomic E-state index is 10.4. The Balaban J connectivity index is 1.83. The van der Waals surface area contributed by atoms with Crippen LogP contribution in [0, 0.1) is 5.92 Å². The first-order chi connectivity index (χ1) is 5.29. The normalized spacial score (nSPS) is 21.2. The first kappa shape index (κ1) is 9.49. The van der Waals surface area contributed by atoms with Crippen molar-refractivity contribution in [1.82, 2.24) is 0 Å². The molecule has 11 heavy (non-hydrogen) atoms. The highest BCUT2D eigenvalue weighted by molar-refractivity contribution is 8.08. The second-order valence-corrected chi connectivity index (χ2v) is 4.89. The Labute approximate surface area is 74.2 Å². The van der Waals surface area contributed by atoms with E-state index < -0.39 is 10.0 Å². The van der Waals surface area contributed by atoms with Crippen molar-refractivity contribution in [2.24, 2.45) is 5.92 Å². The lowest BCUT2D eigenvalue weighted by Crippen LogP contribution is -2.18. The quantitative estimate of drug-likeness (QED) is 0.494. The third-order valence-corrected chi connectivity index (χ3v) is 2.92.